The zero-order valence-electron chi connectivity index (χ0n) is 16.6. The van der Waals surface area contributed by atoms with Gasteiger partial charge in [0.25, 0.3) is 0 Å². The molecule has 2 saturated heterocycles. The zero-order valence-corrected chi connectivity index (χ0v) is 16.6. The summed E-state index contributed by atoms with van der Waals surface area (Å²) in [7, 11) is 0. The van der Waals surface area contributed by atoms with E-state index in [0.717, 1.165) is 50.9 Å². The van der Waals surface area contributed by atoms with Gasteiger partial charge in [0.15, 0.2) is 5.78 Å². The van der Waals surface area contributed by atoms with Crippen molar-refractivity contribution in [2.75, 3.05) is 19.6 Å². The van der Waals surface area contributed by atoms with Crippen LogP contribution in [0.1, 0.15) is 55.5 Å². The van der Waals surface area contributed by atoms with Gasteiger partial charge in [0, 0.05) is 36.7 Å². The Morgan fingerprint density at radius 2 is 1.86 bits per heavy atom. The quantitative estimate of drug-likeness (QED) is 0.715. The number of piperidine rings is 1. The van der Waals surface area contributed by atoms with E-state index >= 15 is 0 Å². The van der Waals surface area contributed by atoms with Gasteiger partial charge >= 0.3 is 6.18 Å². The number of carbonyl (C=O) groups is 1. The molecular formula is C21H30F3N3O. The molecule has 0 amide bonds. The monoisotopic (exact) mass is 397 g/mol. The Morgan fingerprint density at radius 1 is 1.18 bits per heavy atom. The number of Topliss-reactive ketones (excluding diaryl/α,β-unsaturated/α-hetero) is 1. The number of nitrogens with one attached hydrogen (secondary N) is 2. The van der Waals surface area contributed by atoms with E-state index in [0.29, 0.717) is 30.1 Å². The van der Waals surface area contributed by atoms with Crippen LogP contribution in [0.4, 0.5) is 13.2 Å². The highest BCUT2D eigenvalue weighted by molar-refractivity contribution is 5.98. The van der Waals surface area contributed by atoms with Crippen LogP contribution in [0.3, 0.4) is 0 Å². The van der Waals surface area contributed by atoms with Crippen molar-refractivity contribution >= 4 is 5.78 Å². The van der Waals surface area contributed by atoms with E-state index in [4.69, 9.17) is 0 Å². The Morgan fingerprint density at radius 3 is 2.50 bits per heavy atom. The first kappa shape index (κ1) is 21.3. The third-order valence-corrected chi connectivity index (χ3v) is 5.67. The second kappa shape index (κ2) is 8.93. The molecule has 1 aromatic rings. The normalized spacial score (nSPS) is 26.7. The number of rotatable bonds is 6. The Balaban J connectivity index is 1.54. The predicted molar refractivity (Wildman–Crippen MR) is 103 cm³/mol. The number of alkyl halides is 3. The van der Waals surface area contributed by atoms with Crippen LogP contribution in [0, 0.1) is 11.8 Å². The van der Waals surface area contributed by atoms with Gasteiger partial charge in [-0.15, -0.1) is 0 Å². The van der Waals surface area contributed by atoms with E-state index in [9.17, 15) is 18.0 Å². The molecule has 1 aromatic carbocycles. The van der Waals surface area contributed by atoms with Gasteiger partial charge in [0.1, 0.15) is 0 Å². The second-order valence-corrected chi connectivity index (χ2v) is 8.59. The standard InChI is InChI=1S/C21H30F3N3O/c1-14(2)10-18-11-19(26-25-18)13-27-9-3-4-16(12-27)20(28)15-5-7-17(8-6-15)21(22,23)24/h5-8,14,16,18-19,25-26H,3-4,9-13H2,1-2H3. The third kappa shape index (κ3) is 5.55. The van der Waals surface area contributed by atoms with Crippen molar-refractivity contribution in [2.45, 2.75) is 57.8 Å². The van der Waals surface area contributed by atoms with Crippen LogP contribution in [0.15, 0.2) is 24.3 Å². The number of ketones is 1. The Bertz CT molecular complexity index is 660. The Hall–Kier alpha value is -1.44. The van der Waals surface area contributed by atoms with E-state index in [1.54, 1.807) is 0 Å². The van der Waals surface area contributed by atoms with Crippen LogP contribution in [0.5, 0.6) is 0 Å². The minimum absolute atomic E-state index is 0.0476. The fourth-order valence-corrected chi connectivity index (χ4v) is 4.35. The first-order chi connectivity index (χ1) is 13.2. The summed E-state index contributed by atoms with van der Waals surface area (Å²) in [5.74, 6) is 0.457. The molecule has 0 aromatic heterocycles. The number of benzene rings is 1. The molecule has 7 heteroatoms. The highest BCUT2D eigenvalue weighted by Gasteiger charge is 2.32. The van der Waals surface area contributed by atoms with Gasteiger partial charge in [-0.25, -0.2) is 0 Å². The summed E-state index contributed by atoms with van der Waals surface area (Å²) < 4.78 is 38.1. The SMILES string of the molecule is CC(C)CC1CC(CN2CCCC(C(=O)c3ccc(C(F)(F)F)cc3)C2)NN1. The van der Waals surface area contributed by atoms with Crippen LogP contribution in [0.25, 0.3) is 0 Å². The van der Waals surface area contributed by atoms with Crippen LogP contribution < -0.4 is 10.9 Å². The fourth-order valence-electron chi connectivity index (χ4n) is 4.35. The molecule has 3 unspecified atom stereocenters. The summed E-state index contributed by atoms with van der Waals surface area (Å²) in [6.45, 7) is 6.96. The molecule has 2 aliphatic rings. The van der Waals surface area contributed by atoms with Crippen molar-refractivity contribution in [3.8, 4) is 0 Å². The molecule has 2 aliphatic heterocycles. The molecule has 28 heavy (non-hydrogen) atoms. The van der Waals surface area contributed by atoms with Gasteiger partial charge in [0.2, 0.25) is 0 Å². The maximum Gasteiger partial charge on any atom is 0.416 e. The molecule has 3 rings (SSSR count). The van der Waals surface area contributed by atoms with Gasteiger partial charge < -0.3 is 4.90 Å². The second-order valence-electron chi connectivity index (χ2n) is 8.59. The first-order valence-electron chi connectivity index (χ1n) is 10.2. The van der Waals surface area contributed by atoms with Gasteiger partial charge in [-0.2, -0.15) is 13.2 Å². The first-order valence-corrected chi connectivity index (χ1v) is 10.2. The lowest BCUT2D eigenvalue weighted by molar-refractivity contribution is -0.137. The summed E-state index contributed by atoms with van der Waals surface area (Å²) >= 11 is 0. The number of hydrazine groups is 1. The maximum absolute atomic E-state index is 12.8. The van der Waals surface area contributed by atoms with Crippen LogP contribution in [0.2, 0.25) is 0 Å². The molecule has 4 nitrogen and oxygen atoms in total. The molecule has 156 valence electrons. The van der Waals surface area contributed by atoms with Crippen molar-refractivity contribution in [1.82, 2.24) is 15.8 Å². The lowest BCUT2D eigenvalue weighted by Gasteiger charge is -2.33. The van der Waals surface area contributed by atoms with Gasteiger partial charge in [-0.05, 0) is 50.3 Å². The molecule has 0 spiro atoms. The lowest BCUT2D eigenvalue weighted by Crippen LogP contribution is -2.45. The van der Waals surface area contributed by atoms with Crippen LogP contribution in [-0.2, 0) is 6.18 Å². The maximum atomic E-state index is 12.8. The largest absolute Gasteiger partial charge is 0.416 e. The molecular weight excluding hydrogens is 367 g/mol. The highest BCUT2D eigenvalue weighted by atomic mass is 19.4. The number of hydrogen-bond donors (Lipinski definition) is 2. The molecule has 2 fully saturated rings. The van der Waals surface area contributed by atoms with Crippen molar-refractivity contribution < 1.29 is 18.0 Å². The van der Waals surface area contributed by atoms with Crippen molar-refractivity contribution in [1.29, 1.82) is 0 Å². The number of hydrogen-bond acceptors (Lipinski definition) is 4. The number of nitrogens with zero attached hydrogens (tertiary/aromatic N) is 1. The average Bonchev–Trinajstić information content (AvgIpc) is 3.06. The van der Waals surface area contributed by atoms with Gasteiger partial charge in [-0.3, -0.25) is 15.6 Å². The van der Waals surface area contributed by atoms with E-state index in [-0.39, 0.29) is 11.7 Å². The Kier molecular flexibility index (Phi) is 6.78. The molecule has 0 radical (unpaired) electrons. The van der Waals surface area contributed by atoms with Gasteiger partial charge in [-0.1, -0.05) is 26.0 Å². The van der Waals surface area contributed by atoms with Crippen molar-refractivity contribution in [3.63, 3.8) is 0 Å². The lowest BCUT2D eigenvalue weighted by atomic mass is 9.89. The zero-order chi connectivity index (χ0) is 20.3. The molecule has 2 N–H and O–H groups in total. The summed E-state index contributed by atoms with van der Waals surface area (Å²) in [4.78, 5) is 15.1. The van der Waals surface area contributed by atoms with E-state index in [1.165, 1.54) is 12.1 Å². The molecule has 0 bridgehead atoms. The summed E-state index contributed by atoms with van der Waals surface area (Å²) in [5, 5.41) is 0. The van der Waals surface area contributed by atoms with Crippen molar-refractivity contribution in [3.05, 3.63) is 35.4 Å². The fraction of sp³-hybridized carbons (Fsp3) is 0.667. The van der Waals surface area contributed by atoms with Crippen LogP contribution in [-0.4, -0.2) is 42.4 Å². The minimum Gasteiger partial charge on any atom is -0.301 e. The Labute approximate surface area is 164 Å². The van der Waals surface area contributed by atoms with E-state index in [1.807, 2.05) is 0 Å². The van der Waals surface area contributed by atoms with E-state index < -0.39 is 11.7 Å². The van der Waals surface area contributed by atoms with Gasteiger partial charge in [0.05, 0.1) is 5.56 Å². The number of carbonyl (C=O) groups excluding carboxylic acids is 1. The number of halogens is 3. The smallest absolute Gasteiger partial charge is 0.301 e. The summed E-state index contributed by atoms with van der Waals surface area (Å²) in [6, 6.07) is 5.46. The van der Waals surface area contributed by atoms with Crippen LogP contribution >= 0.6 is 0 Å². The molecule has 3 atom stereocenters. The molecule has 0 saturated carbocycles. The van der Waals surface area contributed by atoms with Crippen molar-refractivity contribution in [2.24, 2.45) is 11.8 Å². The molecule has 2 heterocycles. The minimum atomic E-state index is -4.38. The topological polar surface area (TPSA) is 44.4 Å². The van der Waals surface area contributed by atoms with E-state index in [2.05, 4.69) is 29.6 Å². The summed E-state index contributed by atoms with van der Waals surface area (Å²) in [5.41, 5.74) is 6.40. The highest BCUT2D eigenvalue weighted by Crippen LogP contribution is 2.30. The molecule has 0 aliphatic carbocycles. The third-order valence-electron chi connectivity index (χ3n) is 5.67. The summed E-state index contributed by atoms with van der Waals surface area (Å²) in [6.07, 6.45) is -0.432. The average molecular weight is 397 g/mol. The predicted octanol–water partition coefficient (Wildman–Crippen LogP) is 3.88. The number of likely N-dealkylation sites (tertiary alicyclic amines) is 1.